The van der Waals surface area contributed by atoms with Crippen LogP contribution in [0.2, 0.25) is 0 Å². The van der Waals surface area contributed by atoms with E-state index in [1.54, 1.807) is 10.5 Å². The highest BCUT2D eigenvalue weighted by molar-refractivity contribution is 7.13. The van der Waals surface area contributed by atoms with Gasteiger partial charge in [0.15, 0.2) is 11.5 Å². The van der Waals surface area contributed by atoms with Crippen LogP contribution in [0.1, 0.15) is 10.5 Å². The average molecular weight is 260 g/mol. The number of carbonyl (C=O) groups is 1. The maximum atomic E-state index is 11.1. The number of carboxylic acids is 1. The Labute approximate surface area is 106 Å². The first-order valence-corrected chi connectivity index (χ1v) is 6.03. The molecule has 3 heterocycles. The van der Waals surface area contributed by atoms with Crippen molar-refractivity contribution in [2.24, 2.45) is 0 Å². The van der Waals surface area contributed by atoms with Crippen molar-refractivity contribution in [1.29, 1.82) is 0 Å². The van der Waals surface area contributed by atoms with Crippen molar-refractivity contribution in [3.63, 3.8) is 0 Å². The van der Waals surface area contributed by atoms with Gasteiger partial charge in [0, 0.05) is 0 Å². The van der Waals surface area contributed by atoms with Gasteiger partial charge in [-0.05, 0) is 23.6 Å². The van der Waals surface area contributed by atoms with Crippen LogP contribution in [0.4, 0.5) is 0 Å². The number of hydrogen-bond acceptors (Lipinski definition) is 4. The molecular weight excluding hydrogens is 252 g/mol. The Morgan fingerprint density at radius 2 is 2.17 bits per heavy atom. The molecule has 18 heavy (non-hydrogen) atoms. The number of pyridine rings is 1. The number of thiophene rings is 1. The summed E-state index contributed by atoms with van der Waals surface area (Å²) in [6.07, 6.45) is 1.46. The van der Waals surface area contributed by atoms with Gasteiger partial charge >= 0.3 is 5.97 Å². The molecule has 0 aliphatic carbocycles. The SMILES string of the molecule is O=C(O)c1nc(-c2cccs2)n2cc(O)ccc12. The largest absolute Gasteiger partial charge is 0.506 e. The third-order valence-corrected chi connectivity index (χ3v) is 3.43. The number of carboxylic acid groups (broad SMARTS) is 1. The van der Waals surface area contributed by atoms with E-state index in [4.69, 9.17) is 5.11 Å². The summed E-state index contributed by atoms with van der Waals surface area (Å²) < 4.78 is 1.59. The minimum atomic E-state index is -1.08. The van der Waals surface area contributed by atoms with Gasteiger partial charge in [0.1, 0.15) is 5.75 Å². The number of rotatable bonds is 2. The minimum Gasteiger partial charge on any atom is -0.506 e. The number of aromatic nitrogens is 2. The first-order valence-electron chi connectivity index (χ1n) is 5.15. The second kappa shape index (κ2) is 3.85. The molecule has 0 amide bonds. The Morgan fingerprint density at radius 1 is 1.33 bits per heavy atom. The first-order chi connectivity index (χ1) is 8.66. The third kappa shape index (κ3) is 1.54. The standard InChI is InChI=1S/C12H8N2O3S/c15-7-3-4-8-10(12(16)17)13-11(14(8)6-7)9-2-1-5-18-9/h1-6,15H,(H,16,17). The molecule has 0 saturated carbocycles. The van der Waals surface area contributed by atoms with Gasteiger partial charge in [-0.3, -0.25) is 4.40 Å². The summed E-state index contributed by atoms with van der Waals surface area (Å²) in [5.74, 6) is -0.496. The molecule has 6 heteroatoms. The molecule has 0 atom stereocenters. The Kier molecular flexibility index (Phi) is 2.31. The molecule has 0 aliphatic heterocycles. The number of hydrogen-bond donors (Lipinski definition) is 2. The lowest BCUT2D eigenvalue weighted by molar-refractivity contribution is 0.0693. The monoisotopic (exact) mass is 260 g/mol. The lowest BCUT2D eigenvalue weighted by Gasteiger charge is -1.99. The zero-order valence-electron chi connectivity index (χ0n) is 9.07. The van der Waals surface area contributed by atoms with E-state index in [2.05, 4.69) is 4.98 Å². The lowest BCUT2D eigenvalue weighted by Crippen LogP contribution is -1.97. The molecule has 0 aromatic carbocycles. The van der Waals surface area contributed by atoms with Gasteiger partial charge in [-0.1, -0.05) is 6.07 Å². The number of fused-ring (bicyclic) bond motifs is 1. The van der Waals surface area contributed by atoms with Gasteiger partial charge < -0.3 is 10.2 Å². The molecule has 0 unspecified atom stereocenters. The number of aromatic hydroxyl groups is 1. The molecule has 0 bridgehead atoms. The minimum absolute atomic E-state index is 0.0154. The van der Waals surface area contributed by atoms with Crippen LogP contribution < -0.4 is 0 Å². The summed E-state index contributed by atoms with van der Waals surface area (Å²) in [5.41, 5.74) is 0.446. The Hall–Kier alpha value is -2.34. The quantitative estimate of drug-likeness (QED) is 0.742. The third-order valence-electron chi connectivity index (χ3n) is 2.57. The Bertz CT molecular complexity index is 731. The van der Waals surface area contributed by atoms with E-state index in [0.29, 0.717) is 11.3 Å². The van der Waals surface area contributed by atoms with Crippen LogP contribution >= 0.6 is 11.3 Å². The molecule has 90 valence electrons. The smallest absolute Gasteiger partial charge is 0.356 e. The predicted molar refractivity (Wildman–Crippen MR) is 67.1 cm³/mol. The molecule has 0 fully saturated rings. The fourth-order valence-electron chi connectivity index (χ4n) is 1.81. The maximum Gasteiger partial charge on any atom is 0.356 e. The topological polar surface area (TPSA) is 74.8 Å². The fraction of sp³-hybridized carbons (Fsp3) is 0. The van der Waals surface area contributed by atoms with Crippen LogP contribution in [0.15, 0.2) is 35.8 Å². The summed E-state index contributed by atoms with van der Waals surface area (Å²) in [4.78, 5) is 16.1. The molecule has 0 spiro atoms. The zero-order valence-corrected chi connectivity index (χ0v) is 9.89. The summed E-state index contributed by atoms with van der Waals surface area (Å²) in [7, 11) is 0. The van der Waals surface area contributed by atoms with E-state index in [0.717, 1.165) is 4.88 Å². The van der Waals surface area contributed by atoms with Crippen LogP contribution in [0.3, 0.4) is 0 Å². The molecular formula is C12H8N2O3S. The van der Waals surface area contributed by atoms with Gasteiger partial charge in [-0.25, -0.2) is 9.78 Å². The lowest BCUT2D eigenvalue weighted by atomic mass is 10.3. The highest BCUT2D eigenvalue weighted by Gasteiger charge is 2.18. The molecule has 0 aliphatic rings. The van der Waals surface area contributed by atoms with E-state index >= 15 is 0 Å². The molecule has 2 N–H and O–H groups in total. The van der Waals surface area contributed by atoms with Crippen LogP contribution in [0, 0.1) is 0 Å². The number of aromatic carboxylic acids is 1. The molecule has 3 rings (SSSR count). The van der Waals surface area contributed by atoms with E-state index in [1.807, 2.05) is 17.5 Å². The van der Waals surface area contributed by atoms with E-state index in [1.165, 1.54) is 23.6 Å². The van der Waals surface area contributed by atoms with Crippen molar-refractivity contribution in [2.75, 3.05) is 0 Å². The second-order valence-electron chi connectivity index (χ2n) is 3.71. The van der Waals surface area contributed by atoms with Crippen molar-refractivity contribution in [3.8, 4) is 16.5 Å². The van der Waals surface area contributed by atoms with Gasteiger partial charge in [-0.15, -0.1) is 11.3 Å². The molecule has 3 aromatic rings. The van der Waals surface area contributed by atoms with Crippen LogP contribution in [0.5, 0.6) is 5.75 Å². The van der Waals surface area contributed by atoms with E-state index in [-0.39, 0.29) is 11.4 Å². The van der Waals surface area contributed by atoms with Gasteiger partial charge in [0.05, 0.1) is 16.6 Å². The summed E-state index contributed by atoms with van der Waals surface area (Å²) in [5, 5.41) is 20.5. The van der Waals surface area contributed by atoms with E-state index in [9.17, 15) is 9.90 Å². The Balaban J connectivity index is 2.38. The molecule has 3 aromatic heterocycles. The van der Waals surface area contributed by atoms with Gasteiger partial charge in [-0.2, -0.15) is 0 Å². The normalized spacial score (nSPS) is 10.9. The summed E-state index contributed by atoms with van der Waals surface area (Å²) in [6.45, 7) is 0. The number of imidazole rings is 1. The Morgan fingerprint density at radius 3 is 2.83 bits per heavy atom. The van der Waals surface area contributed by atoms with Crippen molar-refractivity contribution < 1.29 is 15.0 Å². The molecule has 5 nitrogen and oxygen atoms in total. The predicted octanol–water partition coefficient (Wildman–Crippen LogP) is 2.47. The maximum absolute atomic E-state index is 11.1. The fourth-order valence-corrected chi connectivity index (χ4v) is 2.52. The van der Waals surface area contributed by atoms with Gasteiger partial charge in [0.2, 0.25) is 0 Å². The number of nitrogens with zero attached hydrogens (tertiary/aromatic N) is 2. The molecule has 0 radical (unpaired) electrons. The summed E-state index contributed by atoms with van der Waals surface area (Å²) >= 11 is 1.46. The second-order valence-corrected chi connectivity index (χ2v) is 4.66. The van der Waals surface area contributed by atoms with Crippen LogP contribution in [-0.4, -0.2) is 25.6 Å². The van der Waals surface area contributed by atoms with Crippen LogP contribution in [0.25, 0.3) is 16.2 Å². The average Bonchev–Trinajstić information content (AvgIpc) is 2.93. The molecule has 0 saturated heterocycles. The summed E-state index contributed by atoms with van der Waals surface area (Å²) in [6, 6.07) is 6.71. The van der Waals surface area contributed by atoms with Crippen molar-refractivity contribution in [1.82, 2.24) is 9.38 Å². The first kappa shape index (κ1) is 10.8. The zero-order chi connectivity index (χ0) is 12.7. The highest BCUT2D eigenvalue weighted by Crippen LogP contribution is 2.28. The highest BCUT2D eigenvalue weighted by atomic mass is 32.1. The van der Waals surface area contributed by atoms with Crippen LogP contribution in [-0.2, 0) is 0 Å². The van der Waals surface area contributed by atoms with Crippen molar-refractivity contribution >= 4 is 22.8 Å². The van der Waals surface area contributed by atoms with Crippen molar-refractivity contribution in [3.05, 3.63) is 41.5 Å². The van der Waals surface area contributed by atoms with Gasteiger partial charge in [0.25, 0.3) is 0 Å². The van der Waals surface area contributed by atoms with Crippen molar-refractivity contribution in [2.45, 2.75) is 0 Å². The van der Waals surface area contributed by atoms with E-state index < -0.39 is 5.97 Å².